The lowest BCUT2D eigenvalue weighted by molar-refractivity contribution is -0.148. The first kappa shape index (κ1) is 15.5. The molecule has 20 heavy (non-hydrogen) atoms. The van der Waals surface area contributed by atoms with Gasteiger partial charge in [0.1, 0.15) is 10.3 Å². The van der Waals surface area contributed by atoms with Gasteiger partial charge in [-0.3, -0.25) is 4.79 Å². The summed E-state index contributed by atoms with van der Waals surface area (Å²) < 4.78 is 27.9. The summed E-state index contributed by atoms with van der Waals surface area (Å²) in [6, 6.07) is 3.03. The van der Waals surface area contributed by atoms with Gasteiger partial charge in [0.05, 0.1) is 6.42 Å². The van der Waals surface area contributed by atoms with Crippen LogP contribution in [0.15, 0.2) is 16.3 Å². The molecule has 5 nitrogen and oxygen atoms in total. The molecule has 0 spiro atoms. The number of rotatable bonds is 4. The molecular formula is C13H19NO4S2. The number of carbonyl (C=O) groups is 1. The molecule has 0 saturated heterocycles. The molecule has 7 heteroatoms. The number of thiophene rings is 1. The molecule has 0 amide bonds. The second kappa shape index (κ2) is 6.69. The maximum Gasteiger partial charge on any atom is 0.311 e. The van der Waals surface area contributed by atoms with E-state index in [-0.39, 0.29) is 22.7 Å². The minimum atomic E-state index is -3.68. The standard InChI is InChI=1S/C13H19NO4S2/c14-20(16,17)13-8-7-11(19-13)9-12(15)18-10-5-3-1-2-4-6-10/h7-8,10H,1-6,9H2,(H2,14,16,17). The zero-order valence-corrected chi connectivity index (χ0v) is 12.8. The topological polar surface area (TPSA) is 86.5 Å². The van der Waals surface area contributed by atoms with Crippen molar-refractivity contribution in [3.05, 3.63) is 17.0 Å². The van der Waals surface area contributed by atoms with Gasteiger partial charge in [0.25, 0.3) is 0 Å². The molecule has 1 aromatic heterocycles. The first-order chi connectivity index (χ1) is 9.45. The van der Waals surface area contributed by atoms with Crippen LogP contribution in [0.3, 0.4) is 0 Å². The van der Waals surface area contributed by atoms with Crippen molar-refractivity contribution >= 4 is 27.3 Å². The molecular weight excluding hydrogens is 298 g/mol. The zero-order valence-electron chi connectivity index (χ0n) is 11.2. The van der Waals surface area contributed by atoms with Gasteiger partial charge in [-0.15, -0.1) is 11.3 Å². The minimum Gasteiger partial charge on any atom is -0.462 e. The second-order valence-corrected chi connectivity index (χ2v) is 8.00. The summed E-state index contributed by atoms with van der Waals surface area (Å²) in [5, 5.41) is 5.03. The van der Waals surface area contributed by atoms with E-state index in [1.54, 1.807) is 6.07 Å². The Morgan fingerprint density at radius 3 is 2.45 bits per heavy atom. The first-order valence-corrected chi connectivity index (χ1v) is 9.12. The van der Waals surface area contributed by atoms with Gasteiger partial charge in [-0.25, -0.2) is 13.6 Å². The summed E-state index contributed by atoms with van der Waals surface area (Å²) in [4.78, 5) is 12.5. The molecule has 2 N–H and O–H groups in total. The maximum atomic E-state index is 11.9. The molecule has 1 saturated carbocycles. The third-order valence-electron chi connectivity index (χ3n) is 3.34. The highest BCUT2D eigenvalue weighted by Crippen LogP contribution is 2.23. The van der Waals surface area contributed by atoms with Crippen LogP contribution in [-0.4, -0.2) is 20.5 Å². The molecule has 1 fully saturated rings. The van der Waals surface area contributed by atoms with Crippen molar-refractivity contribution in [2.75, 3.05) is 0 Å². The summed E-state index contributed by atoms with van der Waals surface area (Å²) in [5.41, 5.74) is 0. The van der Waals surface area contributed by atoms with E-state index in [0.29, 0.717) is 4.88 Å². The van der Waals surface area contributed by atoms with Gasteiger partial charge in [-0.2, -0.15) is 0 Å². The van der Waals surface area contributed by atoms with Crippen molar-refractivity contribution in [3.8, 4) is 0 Å². The van der Waals surface area contributed by atoms with E-state index in [1.165, 1.54) is 18.9 Å². The van der Waals surface area contributed by atoms with Gasteiger partial charge in [-0.1, -0.05) is 12.8 Å². The lowest BCUT2D eigenvalue weighted by atomic mass is 10.1. The smallest absolute Gasteiger partial charge is 0.311 e. The lowest BCUT2D eigenvalue weighted by Crippen LogP contribution is -2.18. The van der Waals surface area contributed by atoms with Crippen LogP contribution >= 0.6 is 11.3 Å². The van der Waals surface area contributed by atoms with Gasteiger partial charge in [-0.05, 0) is 37.8 Å². The minimum absolute atomic E-state index is 0.0164. The molecule has 0 unspecified atom stereocenters. The normalized spacial score (nSPS) is 17.6. The fraction of sp³-hybridized carbons (Fsp3) is 0.615. The maximum absolute atomic E-state index is 11.9. The number of esters is 1. The Bertz CT molecular complexity index is 557. The molecule has 0 radical (unpaired) electrons. The molecule has 2 rings (SSSR count). The Morgan fingerprint density at radius 1 is 1.25 bits per heavy atom. The predicted octanol–water partition coefficient (Wildman–Crippen LogP) is 2.20. The molecule has 0 bridgehead atoms. The Kier molecular flexibility index (Phi) is 5.17. The SMILES string of the molecule is NS(=O)(=O)c1ccc(CC(=O)OC2CCCCCC2)s1. The monoisotopic (exact) mass is 317 g/mol. The highest BCUT2D eigenvalue weighted by atomic mass is 32.2. The molecule has 1 aromatic rings. The molecule has 1 aliphatic carbocycles. The van der Waals surface area contributed by atoms with E-state index in [9.17, 15) is 13.2 Å². The van der Waals surface area contributed by atoms with Crippen molar-refractivity contribution in [2.45, 2.75) is 55.3 Å². The van der Waals surface area contributed by atoms with E-state index >= 15 is 0 Å². The summed E-state index contributed by atoms with van der Waals surface area (Å²) in [5.74, 6) is -0.292. The molecule has 0 aliphatic heterocycles. The van der Waals surface area contributed by atoms with Crippen LogP contribution in [0.2, 0.25) is 0 Å². The average molecular weight is 317 g/mol. The average Bonchev–Trinajstić information content (AvgIpc) is 2.67. The number of carbonyl (C=O) groups excluding carboxylic acids is 1. The summed E-state index contributed by atoms with van der Waals surface area (Å²) in [6.07, 6.45) is 6.60. The van der Waals surface area contributed by atoms with Gasteiger partial charge >= 0.3 is 5.97 Å². The highest BCUT2D eigenvalue weighted by molar-refractivity contribution is 7.91. The second-order valence-electron chi connectivity index (χ2n) is 5.05. The third-order valence-corrected chi connectivity index (χ3v) is 5.86. The van der Waals surface area contributed by atoms with Crippen molar-refractivity contribution in [3.63, 3.8) is 0 Å². The largest absolute Gasteiger partial charge is 0.462 e. The number of ether oxygens (including phenoxy) is 1. The van der Waals surface area contributed by atoms with Gasteiger partial charge < -0.3 is 4.74 Å². The Balaban J connectivity index is 1.89. The Labute approximate surface area is 123 Å². The van der Waals surface area contributed by atoms with Crippen molar-refractivity contribution < 1.29 is 17.9 Å². The van der Waals surface area contributed by atoms with Crippen LogP contribution in [0.25, 0.3) is 0 Å². The predicted molar refractivity (Wildman–Crippen MR) is 77.0 cm³/mol. The number of primary sulfonamides is 1. The zero-order chi connectivity index (χ0) is 14.6. The summed E-state index contributed by atoms with van der Waals surface area (Å²) in [7, 11) is -3.68. The van der Waals surface area contributed by atoms with E-state index < -0.39 is 10.0 Å². The molecule has 112 valence electrons. The number of hydrogen-bond donors (Lipinski definition) is 1. The van der Waals surface area contributed by atoms with Gasteiger partial charge in [0, 0.05) is 4.88 Å². The number of hydrogen-bond acceptors (Lipinski definition) is 5. The molecule has 1 aliphatic rings. The van der Waals surface area contributed by atoms with Crippen LogP contribution in [0.5, 0.6) is 0 Å². The fourth-order valence-corrected chi connectivity index (χ4v) is 4.10. The van der Waals surface area contributed by atoms with Crippen LogP contribution in [0, 0.1) is 0 Å². The summed E-state index contributed by atoms with van der Waals surface area (Å²) >= 11 is 1.02. The van der Waals surface area contributed by atoms with E-state index in [2.05, 4.69) is 0 Å². The van der Waals surface area contributed by atoms with Crippen molar-refractivity contribution in [1.29, 1.82) is 0 Å². The fourth-order valence-electron chi connectivity index (χ4n) is 2.34. The van der Waals surface area contributed by atoms with Crippen LogP contribution in [-0.2, 0) is 26.0 Å². The lowest BCUT2D eigenvalue weighted by Gasteiger charge is -2.14. The molecule has 0 aromatic carbocycles. The first-order valence-electron chi connectivity index (χ1n) is 6.76. The highest BCUT2D eigenvalue weighted by Gasteiger charge is 2.18. The van der Waals surface area contributed by atoms with Crippen molar-refractivity contribution in [1.82, 2.24) is 0 Å². The number of nitrogens with two attached hydrogens (primary N) is 1. The Hall–Kier alpha value is -0.920. The third kappa shape index (κ3) is 4.57. The van der Waals surface area contributed by atoms with E-state index in [4.69, 9.17) is 9.88 Å². The van der Waals surface area contributed by atoms with Crippen LogP contribution < -0.4 is 5.14 Å². The number of sulfonamides is 1. The molecule has 0 atom stereocenters. The Morgan fingerprint density at radius 2 is 1.90 bits per heavy atom. The van der Waals surface area contributed by atoms with Crippen LogP contribution in [0.1, 0.15) is 43.4 Å². The van der Waals surface area contributed by atoms with E-state index in [0.717, 1.165) is 37.0 Å². The van der Waals surface area contributed by atoms with Crippen molar-refractivity contribution in [2.24, 2.45) is 5.14 Å². The molecule has 1 heterocycles. The van der Waals surface area contributed by atoms with Gasteiger partial charge in [0.15, 0.2) is 0 Å². The van der Waals surface area contributed by atoms with Crippen LogP contribution in [0.4, 0.5) is 0 Å². The van der Waals surface area contributed by atoms with Gasteiger partial charge in [0.2, 0.25) is 10.0 Å². The quantitative estimate of drug-likeness (QED) is 0.681. The summed E-state index contributed by atoms with van der Waals surface area (Å²) in [6.45, 7) is 0. The van der Waals surface area contributed by atoms with E-state index in [1.807, 2.05) is 0 Å².